The standard InChI is InChI=1S/C11H23NO3/c1-5-14-7-9(4)15-11(13)10(6-12)8(2)3/h8-10H,5-7,12H2,1-4H3. The van der Waals surface area contributed by atoms with Crippen LogP contribution in [-0.4, -0.2) is 31.8 Å². The van der Waals surface area contributed by atoms with Crippen molar-refractivity contribution in [1.82, 2.24) is 0 Å². The van der Waals surface area contributed by atoms with Crippen LogP contribution in [0.5, 0.6) is 0 Å². The van der Waals surface area contributed by atoms with Gasteiger partial charge in [-0.3, -0.25) is 4.79 Å². The molecule has 0 saturated heterocycles. The largest absolute Gasteiger partial charge is 0.460 e. The number of rotatable bonds is 7. The Morgan fingerprint density at radius 3 is 2.33 bits per heavy atom. The molecule has 0 aromatic rings. The van der Waals surface area contributed by atoms with Crippen LogP contribution < -0.4 is 5.73 Å². The van der Waals surface area contributed by atoms with Crippen LogP contribution in [0.2, 0.25) is 0 Å². The van der Waals surface area contributed by atoms with Gasteiger partial charge in [0.1, 0.15) is 6.10 Å². The first-order chi connectivity index (χ1) is 7.02. The predicted molar refractivity (Wildman–Crippen MR) is 59.4 cm³/mol. The highest BCUT2D eigenvalue weighted by Gasteiger charge is 2.23. The normalized spacial score (nSPS) is 15.1. The number of hydrogen-bond donors (Lipinski definition) is 1. The van der Waals surface area contributed by atoms with Gasteiger partial charge in [-0.15, -0.1) is 0 Å². The maximum atomic E-state index is 11.6. The molecule has 0 spiro atoms. The van der Waals surface area contributed by atoms with Crippen molar-refractivity contribution in [1.29, 1.82) is 0 Å². The van der Waals surface area contributed by atoms with Crippen LogP contribution in [0, 0.1) is 11.8 Å². The Hall–Kier alpha value is -0.610. The molecule has 0 aliphatic carbocycles. The molecule has 0 amide bonds. The lowest BCUT2D eigenvalue weighted by Crippen LogP contribution is -2.33. The van der Waals surface area contributed by atoms with Crippen molar-refractivity contribution < 1.29 is 14.3 Å². The summed E-state index contributed by atoms with van der Waals surface area (Å²) in [4.78, 5) is 11.6. The third kappa shape index (κ3) is 5.74. The first-order valence-corrected chi connectivity index (χ1v) is 5.51. The van der Waals surface area contributed by atoms with E-state index in [-0.39, 0.29) is 23.9 Å². The molecule has 4 nitrogen and oxygen atoms in total. The van der Waals surface area contributed by atoms with Gasteiger partial charge in [-0.05, 0) is 19.8 Å². The maximum absolute atomic E-state index is 11.6. The maximum Gasteiger partial charge on any atom is 0.310 e. The SMILES string of the molecule is CCOCC(C)OC(=O)C(CN)C(C)C. The number of carbonyl (C=O) groups is 1. The van der Waals surface area contributed by atoms with E-state index in [2.05, 4.69) is 0 Å². The van der Waals surface area contributed by atoms with Crippen molar-refractivity contribution >= 4 is 5.97 Å². The fourth-order valence-corrected chi connectivity index (χ4v) is 1.24. The van der Waals surface area contributed by atoms with Crippen molar-refractivity contribution in [2.24, 2.45) is 17.6 Å². The van der Waals surface area contributed by atoms with Crippen LogP contribution in [0.25, 0.3) is 0 Å². The summed E-state index contributed by atoms with van der Waals surface area (Å²) in [6.07, 6.45) is -0.203. The monoisotopic (exact) mass is 217 g/mol. The third-order valence-corrected chi connectivity index (χ3v) is 2.24. The van der Waals surface area contributed by atoms with Crippen LogP contribution in [0.15, 0.2) is 0 Å². The van der Waals surface area contributed by atoms with Crippen LogP contribution in [0.4, 0.5) is 0 Å². The zero-order valence-corrected chi connectivity index (χ0v) is 10.2. The molecule has 2 atom stereocenters. The van der Waals surface area contributed by atoms with E-state index in [0.29, 0.717) is 19.8 Å². The molecule has 0 heterocycles. The number of carbonyl (C=O) groups excluding carboxylic acids is 1. The Kier molecular flexibility index (Phi) is 7.34. The summed E-state index contributed by atoms with van der Waals surface area (Å²) in [5.41, 5.74) is 5.52. The Morgan fingerprint density at radius 1 is 1.33 bits per heavy atom. The van der Waals surface area contributed by atoms with Crippen molar-refractivity contribution in [3.63, 3.8) is 0 Å². The number of esters is 1. The molecule has 2 N–H and O–H groups in total. The minimum Gasteiger partial charge on any atom is -0.460 e. The second-order valence-electron chi connectivity index (χ2n) is 3.99. The van der Waals surface area contributed by atoms with Gasteiger partial charge < -0.3 is 15.2 Å². The molecule has 15 heavy (non-hydrogen) atoms. The molecule has 0 aliphatic heterocycles. The van der Waals surface area contributed by atoms with Crippen LogP contribution in [-0.2, 0) is 14.3 Å². The van der Waals surface area contributed by atoms with Crippen molar-refractivity contribution in [2.75, 3.05) is 19.8 Å². The van der Waals surface area contributed by atoms with Gasteiger partial charge in [0.15, 0.2) is 0 Å². The molecule has 90 valence electrons. The first-order valence-electron chi connectivity index (χ1n) is 5.51. The van der Waals surface area contributed by atoms with Gasteiger partial charge in [-0.2, -0.15) is 0 Å². The van der Waals surface area contributed by atoms with Gasteiger partial charge in [0, 0.05) is 13.2 Å². The van der Waals surface area contributed by atoms with Crippen molar-refractivity contribution in [3.8, 4) is 0 Å². The minimum absolute atomic E-state index is 0.203. The minimum atomic E-state index is -0.222. The van der Waals surface area contributed by atoms with E-state index in [4.69, 9.17) is 15.2 Å². The van der Waals surface area contributed by atoms with Gasteiger partial charge in [0.25, 0.3) is 0 Å². The van der Waals surface area contributed by atoms with Crippen molar-refractivity contribution in [2.45, 2.75) is 33.8 Å². The quantitative estimate of drug-likeness (QED) is 0.651. The fraction of sp³-hybridized carbons (Fsp3) is 0.909. The van der Waals surface area contributed by atoms with Gasteiger partial charge >= 0.3 is 5.97 Å². The lowest BCUT2D eigenvalue weighted by Gasteiger charge is -2.20. The van der Waals surface area contributed by atoms with E-state index in [1.54, 1.807) is 0 Å². The van der Waals surface area contributed by atoms with E-state index in [0.717, 1.165) is 0 Å². The van der Waals surface area contributed by atoms with E-state index >= 15 is 0 Å². The average Bonchev–Trinajstić information content (AvgIpc) is 2.15. The van der Waals surface area contributed by atoms with E-state index < -0.39 is 0 Å². The molecule has 0 radical (unpaired) electrons. The molecular formula is C11H23NO3. The Balaban J connectivity index is 3.98. The van der Waals surface area contributed by atoms with Gasteiger partial charge in [-0.25, -0.2) is 0 Å². The molecule has 0 fully saturated rings. The van der Waals surface area contributed by atoms with Crippen molar-refractivity contribution in [3.05, 3.63) is 0 Å². The molecule has 2 unspecified atom stereocenters. The summed E-state index contributed by atoms with van der Waals surface area (Å²) in [6, 6.07) is 0. The van der Waals surface area contributed by atoms with E-state index in [9.17, 15) is 4.79 Å². The highest BCUT2D eigenvalue weighted by Crippen LogP contribution is 2.12. The average molecular weight is 217 g/mol. The second-order valence-corrected chi connectivity index (χ2v) is 3.99. The van der Waals surface area contributed by atoms with Crippen LogP contribution in [0.3, 0.4) is 0 Å². The summed E-state index contributed by atoms with van der Waals surface area (Å²) in [5.74, 6) is -0.226. The number of ether oxygens (including phenoxy) is 2. The summed E-state index contributed by atoms with van der Waals surface area (Å²) in [5, 5.41) is 0. The van der Waals surface area contributed by atoms with E-state index in [1.165, 1.54) is 0 Å². The molecule has 0 saturated carbocycles. The molecule has 4 heteroatoms. The van der Waals surface area contributed by atoms with E-state index in [1.807, 2.05) is 27.7 Å². The lowest BCUT2D eigenvalue weighted by atomic mass is 9.96. The van der Waals surface area contributed by atoms with Gasteiger partial charge in [-0.1, -0.05) is 13.8 Å². The zero-order chi connectivity index (χ0) is 11.8. The predicted octanol–water partition coefficient (Wildman–Crippen LogP) is 1.19. The summed E-state index contributed by atoms with van der Waals surface area (Å²) < 4.78 is 10.4. The highest BCUT2D eigenvalue weighted by atomic mass is 16.6. The Bertz CT molecular complexity index is 183. The Labute approximate surface area is 92.1 Å². The number of nitrogens with two attached hydrogens (primary N) is 1. The van der Waals surface area contributed by atoms with Crippen LogP contribution in [0.1, 0.15) is 27.7 Å². The summed E-state index contributed by atoms with van der Waals surface area (Å²) >= 11 is 0. The van der Waals surface area contributed by atoms with Crippen LogP contribution >= 0.6 is 0 Å². The number of hydrogen-bond acceptors (Lipinski definition) is 4. The smallest absolute Gasteiger partial charge is 0.310 e. The third-order valence-electron chi connectivity index (χ3n) is 2.24. The Morgan fingerprint density at radius 2 is 1.93 bits per heavy atom. The zero-order valence-electron chi connectivity index (χ0n) is 10.2. The summed E-state index contributed by atoms with van der Waals surface area (Å²) in [7, 11) is 0. The van der Waals surface area contributed by atoms with Gasteiger partial charge in [0.2, 0.25) is 0 Å². The molecule has 0 aromatic heterocycles. The highest BCUT2D eigenvalue weighted by molar-refractivity contribution is 5.73. The fourth-order valence-electron chi connectivity index (χ4n) is 1.24. The summed E-state index contributed by atoms with van der Waals surface area (Å²) in [6.45, 7) is 9.06. The first kappa shape index (κ1) is 14.4. The molecule has 0 bridgehead atoms. The molecule has 0 aliphatic rings. The lowest BCUT2D eigenvalue weighted by molar-refractivity contribution is -0.157. The van der Waals surface area contributed by atoms with Gasteiger partial charge in [0.05, 0.1) is 12.5 Å². The topological polar surface area (TPSA) is 61.5 Å². The molecule has 0 aromatic carbocycles. The molecule has 0 rings (SSSR count). The second kappa shape index (κ2) is 7.65. The molecular weight excluding hydrogens is 194 g/mol.